The molecule has 0 saturated heterocycles. The molecule has 0 bridgehead atoms. The van der Waals surface area contributed by atoms with E-state index in [1.807, 2.05) is 0 Å². The number of hydrogen-bond donors (Lipinski definition) is 0. The van der Waals surface area contributed by atoms with Crippen molar-refractivity contribution >= 4 is 0 Å². The smallest absolute Gasteiger partial charge is 0.248 e. The van der Waals surface area contributed by atoms with Crippen LogP contribution in [0.25, 0.3) is 0 Å². The molecule has 14 heavy (non-hydrogen) atoms. The molecule has 1 heterocycles. The van der Waals surface area contributed by atoms with Crippen LogP contribution < -0.4 is 0 Å². The van der Waals surface area contributed by atoms with Crippen molar-refractivity contribution in [2.75, 3.05) is 0 Å². The van der Waals surface area contributed by atoms with Gasteiger partial charge in [-0.1, -0.05) is 6.42 Å². The van der Waals surface area contributed by atoms with Crippen molar-refractivity contribution in [2.45, 2.75) is 51.6 Å². The quantitative estimate of drug-likeness (QED) is 0.557. The van der Waals surface area contributed by atoms with E-state index in [1.165, 1.54) is 0 Å². The second-order valence-electron chi connectivity index (χ2n) is 4.24. The summed E-state index contributed by atoms with van der Waals surface area (Å²) in [7, 11) is 0. The van der Waals surface area contributed by atoms with E-state index in [4.69, 9.17) is 0 Å². The first-order valence-electron chi connectivity index (χ1n) is 5.23. The van der Waals surface area contributed by atoms with E-state index in [2.05, 4.69) is 0 Å². The molecule has 1 fully saturated rings. The second kappa shape index (κ2) is 3.35. The highest BCUT2D eigenvalue weighted by Crippen LogP contribution is 2.33. The molecule has 0 unspecified atom stereocenters. The van der Waals surface area contributed by atoms with Crippen LogP contribution in [0, 0.1) is 10.1 Å². The first-order chi connectivity index (χ1) is 6.63. The first-order valence-corrected chi connectivity index (χ1v) is 5.23. The molecule has 2 aliphatic rings. The van der Waals surface area contributed by atoms with Gasteiger partial charge in [0.25, 0.3) is 0 Å². The Morgan fingerprint density at radius 3 is 2.71 bits per heavy atom. The minimum absolute atomic E-state index is 0.107. The highest BCUT2D eigenvalue weighted by molar-refractivity contribution is 5.09. The minimum atomic E-state index is -0.107. The van der Waals surface area contributed by atoms with Crippen LogP contribution in [0.3, 0.4) is 0 Å². The van der Waals surface area contributed by atoms with Gasteiger partial charge in [-0.25, -0.2) is 0 Å². The van der Waals surface area contributed by atoms with Gasteiger partial charge in [0.05, 0.1) is 11.7 Å². The number of fused-ring (bicyclic) bond motifs is 1. The zero-order valence-electron chi connectivity index (χ0n) is 8.69. The van der Waals surface area contributed by atoms with E-state index in [9.17, 15) is 10.1 Å². The summed E-state index contributed by atoms with van der Waals surface area (Å²) in [4.78, 5) is 11.8. The Balaban J connectivity index is 2.35. The van der Waals surface area contributed by atoms with Crippen LogP contribution in [0.1, 0.15) is 39.5 Å². The lowest BCUT2D eigenvalue weighted by atomic mass is 9.88. The molecule has 2 rings (SSSR count). The van der Waals surface area contributed by atoms with E-state index in [0.717, 1.165) is 35.5 Å². The van der Waals surface area contributed by atoms with Gasteiger partial charge in [0.2, 0.25) is 11.7 Å². The van der Waals surface area contributed by atoms with E-state index in [1.54, 1.807) is 13.8 Å². The lowest BCUT2D eigenvalue weighted by molar-refractivity contribution is -0.557. The number of hydrogen-bond acceptors (Lipinski definition) is 3. The van der Waals surface area contributed by atoms with Crippen LogP contribution in [0.2, 0.25) is 0 Å². The highest BCUT2D eigenvalue weighted by Gasteiger charge is 2.43. The van der Waals surface area contributed by atoms with Crippen LogP contribution in [0.15, 0.2) is 11.4 Å². The topological polar surface area (TPSA) is 46.4 Å². The maximum Gasteiger partial charge on any atom is 0.248 e. The average Bonchev–Trinajstić information content (AvgIpc) is 2.23. The van der Waals surface area contributed by atoms with Gasteiger partial charge in [0, 0.05) is 23.0 Å². The molecule has 78 valence electrons. The Morgan fingerprint density at radius 1 is 1.36 bits per heavy atom. The number of nitrogens with zero attached hydrogens (tertiary/aromatic N) is 2. The van der Waals surface area contributed by atoms with Gasteiger partial charge in [0.1, 0.15) is 0 Å². The summed E-state index contributed by atoms with van der Waals surface area (Å²) in [6.07, 6.45) is 3.86. The Bertz CT molecular complexity index is 298. The zero-order valence-corrected chi connectivity index (χ0v) is 8.69. The summed E-state index contributed by atoms with van der Waals surface area (Å²) in [6.45, 7) is 3.47. The fraction of sp³-hybridized carbons (Fsp3) is 0.800. The summed E-state index contributed by atoms with van der Waals surface area (Å²) < 4.78 is 1.05. The Labute approximate surface area is 83.7 Å². The van der Waals surface area contributed by atoms with Gasteiger partial charge in [-0.05, 0) is 19.8 Å². The largest absolute Gasteiger partial charge is 0.758 e. The molecule has 2 atom stereocenters. The summed E-state index contributed by atoms with van der Waals surface area (Å²) in [5.74, 6) is 0. The van der Waals surface area contributed by atoms with Gasteiger partial charge in [-0.15, -0.1) is 0 Å². The van der Waals surface area contributed by atoms with Gasteiger partial charge in [-0.3, -0.25) is 0 Å². The number of allylic oxidation sites excluding steroid dienone is 2. The van der Waals surface area contributed by atoms with Crippen molar-refractivity contribution in [2.24, 2.45) is 0 Å². The molecule has 4 heteroatoms. The summed E-state index contributed by atoms with van der Waals surface area (Å²) in [5, 5.41) is 12.9. The second-order valence-corrected chi connectivity index (χ2v) is 4.24. The third-order valence-electron chi connectivity index (χ3n) is 3.48. The molecule has 1 saturated carbocycles. The Morgan fingerprint density at radius 2 is 2.00 bits per heavy atom. The highest BCUT2D eigenvalue weighted by atomic mass is 16.5. The van der Waals surface area contributed by atoms with Gasteiger partial charge in [0.15, 0.2) is 0 Å². The molecular formula is C10H16N2O2. The lowest BCUT2D eigenvalue weighted by Gasteiger charge is -2.44. The van der Waals surface area contributed by atoms with E-state index in [-0.39, 0.29) is 12.1 Å². The van der Waals surface area contributed by atoms with E-state index < -0.39 is 0 Å². The molecule has 0 radical (unpaired) electrons. The molecule has 1 aliphatic carbocycles. The van der Waals surface area contributed by atoms with Crippen molar-refractivity contribution < 1.29 is 4.76 Å². The maximum atomic E-state index is 11.8. The predicted octanol–water partition coefficient (Wildman–Crippen LogP) is 2.14. The first kappa shape index (κ1) is 9.65. The SMILES string of the molecule is CC1=C(C)[N+](=O)[C@H]2CCCC[C@H]2N1[O-]. The van der Waals surface area contributed by atoms with Crippen LogP contribution in [-0.2, 0) is 0 Å². The molecule has 4 nitrogen and oxygen atoms in total. The van der Waals surface area contributed by atoms with Crippen molar-refractivity contribution in [1.29, 1.82) is 0 Å². The Kier molecular flexibility index (Phi) is 2.31. The van der Waals surface area contributed by atoms with Crippen LogP contribution >= 0.6 is 0 Å². The van der Waals surface area contributed by atoms with E-state index >= 15 is 0 Å². The number of nitroso groups, excluding NO2 is 1. The van der Waals surface area contributed by atoms with Gasteiger partial charge >= 0.3 is 0 Å². The third-order valence-corrected chi connectivity index (χ3v) is 3.48. The van der Waals surface area contributed by atoms with Crippen molar-refractivity contribution in [3.8, 4) is 0 Å². The zero-order chi connectivity index (χ0) is 10.3. The predicted molar refractivity (Wildman–Crippen MR) is 53.3 cm³/mol. The molecule has 0 aromatic heterocycles. The number of hydroxylamine groups is 2. The maximum absolute atomic E-state index is 11.8. The molecule has 0 spiro atoms. The summed E-state index contributed by atoms with van der Waals surface area (Å²) >= 11 is 0. The van der Waals surface area contributed by atoms with E-state index in [0.29, 0.717) is 11.4 Å². The molecule has 0 N–H and O–H groups in total. The molecular weight excluding hydrogens is 180 g/mol. The number of rotatable bonds is 0. The molecule has 0 amide bonds. The third kappa shape index (κ3) is 1.25. The van der Waals surface area contributed by atoms with Crippen LogP contribution in [0.4, 0.5) is 0 Å². The summed E-state index contributed by atoms with van der Waals surface area (Å²) in [5.41, 5.74) is 1.17. The van der Waals surface area contributed by atoms with Crippen molar-refractivity contribution in [3.63, 3.8) is 0 Å². The van der Waals surface area contributed by atoms with Crippen LogP contribution in [0.5, 0.6) is 0 Å². The normalized spacial score (nSPS) is 33.4. The van der Waals surface area contributed by atoms with Gasteiger partial charge in [-0.2, -0.15) is 0 Å². The summed E-state index contributed by atoms with van der Waals surface area (Å²) in [6, 6.07) is -0.213. The lowest BCUT2D eigenvalue weighted by Crippen LogP contribution is -2.50. The van der Waals surface area contributed by atoms with Crippen LogP contribution in [-0.4, -0.2) is 21.9 Å². The molecule has 0 aromatic rings. The molecule has 0 aromatic carbocycles. The van der Waals surface area contributed by atoms with Crippen molar-refractivity contribution in [3.05, 3.63) is 21.5 Å². The Hall–Kier alpha value is -0.900. The average molecular weight is 196 g/mol. The molecule has 1 aliphatic heterocycles. The monoisotopic (exact) mass is 196 g/mol. The standard InChI is InChI=1S/C10H16N2O2/c1-7-8(2)12(14)10-6-4-3-5-9(10)11(7)13/h9-10H,3-6H2,1-2H3/t9-,10+. The van der Waals surface area contributed by atoms with Gasteiger partial charge < -0.3 is 10.3 Å². The minimum Gasteiger partial charge on any atom is -0.758 e. The fourth-order valence-corrected chi connectivity index (χ4v) is 2.46. The van der Waals surface area contributed by atoms with Crippen molar-refractivity contribution in [1.82, 2.24) is 5.06 Å². The fourth-order valence-electron chi connectivity index (χ4n) is 2.46.